The first kappa shape index (κ1) is 9.98. The van der Waals surface area contributed by atoms with Crippen molar-refractivity contribution in [1.29, 1.82) is 0 Å². The Balaban J connectivity index is 2.94. The quantitative estimate of drug-likeness (QED) is 0.669. The first-order valence-corrected chi connectivity index (χ1v) is 6.04. The van der Waals surface area contributed by atoms with E-state index in [0.717, 1.165) is 4.31 Å². The Kier molecular flexibility index (Phi) is 2.24. The molecule has 1 aliphatic heterocycles. The molecular formula is C6H10BrNO3S. The number of carbonyl (C=O) groups excluding carboxylic acids is 1. The van der Waals surface area contributed by atoms with Crippen molar-refractivity contribution in [2.45, 2.75) is 18.6 Å². The second-order valence-corrected chi connectivity index (χ2v) is 6.29. The number of alkyl halides is 1. The van der Waals surface area contributed by atoms with Crippen LogP contribution in [0.5, 0.6) is 0 Å². The predicted octanol–water partition coefficient (Wildman–Crippen LogP) is 0.332. The second-order valence-electron chi connectivity index (χ2n) is 3.08. The van der Waals surface area contributed by atoms with Crippen molar-refractivity contribution in [3.63, 3.8) is 0 Å². The van der Waals surface area contributed by atoms with Crippen LogP contribution in [0.4, 0.5) is 0 Å². The van der Waals surface area contributed by atoms with Crippen LogP contribution in [0.3, 0.4) is 0 Å². The zero-order valence-electron chi connectivity index (χ0n) is 6.87. The van der Waals surface area contributed by atoms with Crippen LogP contribution >= 0.6 is 15.9 Å². The summed E-state index contributed by atoms with van der Waals surface area (Å²) in [7, 11) is -3.36. The number of nitrogens with zero attached hydrogens (tertiary/aromatic N) is 1. The molecular weight excluding hydrogens is 246 g/mol. The van der Waals surface area contributed by atoms with Gasteiger partial charge in [-0.1, -0.05) is 15.9 Å². The predicted molar refractivity (Wildman–Crippen MR) is 48.5 cm³/mol. The van der Waals surface area contributed by atoms with Gasteiger partial charge in [0.25, 0.3) is 15.9 Å². The zero-order chi connectivity index (χ0) is 9.57. The summed E-state index contributed by atoms with van der Waals surface area (Å²) in [5, 5.41) is 0.480. The highest BCUT2D eigenvalue weighted by Crippen LogP contribution is 2.34. The van der Waals surface area contributed by atoms with Crippen molar-refractivity contribution >= 4 is 31.9 Å². The van der Waals surface area contributed by atoms with E-state index in [9.17, 15) is 13.2 Å². The number of rotatable bonds is 2. The van der Waals surface area contributed by atoms with E-state index in [2.05, 4.69) is 15.9 Å². The molecule has 1 rings (SSSR count). The number of halogens is 1. The Morgan fingerprint density at radius 3 is 2.33 bits per heavy atom. The minimum absolute atomic E-state index is 0.227. The molecule has 0 saturated carbocycles. The third-order valence-electron chi connectivity index (χ3n) is 1.96. The highest BCUT2D eigenvalue weighted by atomic mass is 79.9. The van der Waals surface area contributed by atoms with Gasteiger partial charge in [0, 0.05) is 11.9 Å². The Bertz CT molecular complexity index is 309. The van der Waals surface area contributed by atoms with Crippen molar-refractivity contribution in [2.24, 2.45) is 0 Å². The molecule has 0 atom stereocenters. The van der Waals surface area contributed by atoms with Gasteiger partial charge in [-0.05, 0) is 13.8 Å². The van der Waals surface area contributed by atoms with Crippen LogP contribution in [0.15, 0.2) is 0 Å². The number of hydrogen-bond acceptors (Lipinski definition) is 3. The Labute approximate surface area is 80.1 Å². The summed E-state index contributed by atoms with van der Waals surface area (Å²) in [4.78, 5) is 11.2. The molecule has 0 aliphatic carbocycles. The molecule has 0 aromatic carbocycles. The van der Waals surface area contributed by atoms with Crippen molar-refractivity contribution < 1.29 is 13.2 Å². The number of sulfonamides is 1. The molecule has 1 heterocycles. The van der Waals surface area contributed by atoms with Crippen molar-refractivity contribution in [3.8, 4) is 0 Å². The summed E-state index contributed by atoms with van der Waals surface area (Å²) >= 11 is 3.08. The van der Waals surface area contributed by atoms with Gasteiger partial charge in [-0.15, -0.1) is 0 Å². The van der Waals surface area contributed by atoms with E-state index in [1.807, 2.05) is 0 Å². The van der Waals surface area contributed by atoms with E-state index in [1.54, 1.807) is 0 Å². The van der Waals surface area contributed by atoms with Gasteiger partial charge in [-0.25, -0.2) is 12.7 Å². The molecule has 70 valence electrons. The lowest BCUT2D eigenvalue weighted by Gasteiger charge is -2.42. The maximum Gasteiger partial charge on any atom is 0.258 e. The fourth-order valence-corrected chi connectivity index (χ4v) is 3.17. The molecule has 12 heavy (non-hydrogen) atoms. The zero-order valence-corrected chi connectivity index (χ0v) is 9.27. The molecule has 4 nitrogen and oxygen atoms in total. The van der Waals surface area contributed by atoms with Gasteiger partial charge in [-0.2, -0.15) is 0 Å². The van der Waals surface area contributed by atoms with Crippen molar-refractivity contribution in [3.05, 3.63) is 0 Å². The average molecular weight is 256 g/mol. The number of carbonyl (C=O) groups is 1. The van der Waals surface area contributed by atoms with Gasteiger partial charge in [0.1, 0.15) is 0 Å². The molecule has 0 aromatic heterocycles. The van der Waals surface area contributed by atoms with Gasteiger partial charge in [-0.3, -0.25) is 4.79 Å². The molecule has 0 aromatic rings. The fourth-order valence-electron chi connectivity index (χ4n) is 1.05. The molecule has 1 saturated heterocycles. The SMILES string of the molecule is CC1(C)C(=O)N(CCBr)S1(=O)=O. The molecule has 1 amide bonds. The number of hydrogen-bond donors (Lipinski definition) is 0. The monoisotopic (exact) mass is 255 g/mol. The Hall–Kier alpha value is -0.100. The van der Waals surface area contributed by atoms with Crippen molar-refractivity contribution in [2.75, 3.05) is 11.9 Å². The lowest BCUT2D eigenvalue weighted by atomic mass is 10.2. The Morgan fingerprint density at radius 1 is 1.50 bits per heavy atom. The summed E-state index contributed by atoms with van der Waals surface area (Å²) in [5.41, 5.74) is 0. The third kappa shape index (κ3) is 1.01. The van der Waals surface area contributed by atoms with E-state index in [1.165, 1.54) is 13.8 Å². The smallest absolute Gasteiger partial charge is 0.258 e. The normalized spacial score (nSPS) is 25.2. The molecule has 0 radical (unpaired) electrons. The standard InChI is InChI=1S/C6H10BrNO3S/c1-6(2)5(9)8(4-3-7)12(6,10)11/h3-4H2,1-2H3. The van der Waals surface area contributed by atoms with E-state index in [0.29, 0.717) is 5.33 Å². The topological polar surface area (TPSA) is 54.5 Å². The van der Waals surface area contributed by atoms with Crippen LogP contribution < -0.4 is 0 Å². The van der Waals surface area contributed by atoms with E-state index in [-0.39, 0.29) is 12.5 Å². The largest absolute Gasteiger partial charge is 0.272 e. The maximum absolute atomic E-state index is 11.4. The summed E-state index contributed by atoms with van der Waals surface area (Å²) in [6, 6.07) is 0. The highest BCUT2D eigenvalue weighted by Gasteiger charge is 2.59. The molecule has 6 heteroatoms. The van der Waals surface area contributed by atoms with Crippen LogP contribution in [-0.2, 0) is 14.8 Å². The van der Waals surface area contributed by atoms with Crippen LogP contribution in [0.25, 0.3) is 0 Å². The minimum atomic E-state index is -3.36. The Morgan fingerprint density at radius 2 is 2.00 bits per heavy atom. The highest BCUT2D eigenvalue weighted by molar-refractivity contribution is 9.09. The summed E-state index contributed by atoms with van der Waals surface area (Å²) in [6.07, 6.45) is 0. The first-order valence-electron chi connectivity index (χ1n) is 3.48. The molecule has 0 N–H and O–H groups in total. The molecule has 0 unspecified atom stereocenters. The van der Waals surface area contributed by atoms with Crippen LogP contribution in [-0.4, -0.2) is 35.3 Å². The maximum atomic E-state index is 11.4. The second kappa shape index (κ2) is 2.70. The fraction of sp³-hybridized carbons (Fsp3) is 0.833. The number of amides is 1. The van der Waals surface area contributed by atoms with Crippen LogP contribution in [0.2, 0.25) is 0 Å². The van der Waals surface area contributed by atoms with Gasteiger partial charge in [0.05, 0.1) is 0 Å². The minimum Gasteiger partial charge on any atom is -0.272 e. The van der Waals surface area contributed by atoms with E-state index >= 15 is 0 Å². The van der Waals surface area contributed by atoms with Crippen molar-refractivity contribution in [1.82, 2.24) is 4.31 Å². The molecule has 1 fully saturated rings. The van der Waals surface area contributed by atoms with Crippen LogP contribution in [0, 0.1) is 0 Å². The first-order chi connectivity index (χ1) is 5.35. The molecule has 0 bridgehead atoms. The summed E-state index contributed by atoms with van der Waals surface area (Å²) in [6.45, 7) is 3.08. The molecule has 0 spiro atoms. The van der Waals surface area contributed by atoms with Gasteiger partial charge in [0.2, 0.25) is 0 Å². The summed E-state index contributed by atoms with van der Waals surface area (Å²) < 4.78 is 22.4. The van der Waals surface area contributed by atoms with Gasteiger partial charge in [0.15, 0.2) is 4.75 Å². The summed E-state index contributed by atoms with van der Waals surface area (Å²) in [5.74, 6) is -0.318. The average Bonchev–Trinajstić information content (AvgIpc) is 1.98. The molecule has 1 aliphatic rings. The van der Waals surface area contributed by atoms with E-state index in [4.69, 9.17) is 0 Å². The lowest BCUT2D eigenvalue weighted by Crippen LogP contribution is -2.67. The lowest BCUT2D eigenvalue weighted by molar-refractivity contribution is -0.131. The van der Waals surface area contributed by atoms with Gasteiger partial charge >= 0.3 is 0 Å². The third-order valence-corrected chi connectivity index (χ3v) is 4.71. The van der Waals surface area contributed by atoms with E-state index < -0.39 is 14.8 Å². The van der Waals surface area contributed by atoms with Gasteiger partial charge < -0.3 is 0 Å². The van der Waals surface area contributed by atoms with Crippen LogP contribution in [0.1, 0.15) is 13.8 Å².